The van der Waals surface area contributed by atoms with Crippen molar-refractivity contribution in [3.8, 4) is 0 Å². The van der Waals surface area contributed by atoms with E-state index in [-0.39, 0.29) is 10.5 Å². The van der Waals surface area contributed by atoms with E-state index >= 15 is 0 Å². The smallest absolute Gasteiger partial charge is 0.339 e. The van der Waals surface area contributed by atoms with Gasteiger partial charge in [0.2, 0.25) is 10.0 Å². The normalized spacial score (nSPS) is 18.6. The van der Waals surface area contributed by atoms with E-state index < -0.39 is 16.0 Å². The fourth-order valence-corrected chi connectivity index (χ4v) is 3.67. The van der Waals surface area contributed by atoms with E-state index in [2.05, 4.69) is 14.8 Å². The molecule has 0 bridgehead atoms. The van der Waals surface area contributed by atoms with Crippen LogP contribution in [0.2, 0.25) is 0 Å². The first-order chi connectivity index (χ1) is 10.0. The number of hydrogen-bond acceptors (Lipinski definition) is 5. The zero-order valence-corrected chi connectivity index (χ0v) is 12.8. The van der Waals surface area contributed by atoms with Crippen LogP contribution in [0.15, 0.2) is 29.2 Å². The lowest BCUT2D eigenvalue weighted by molar-refractivity contribution is 0.0596. The zero-order valence-electron chi connectivity index (χ0n) is 12.0. The molecule has 0 amide bonds. The van der Waals surface area contributed by atoms with Crippen LogP contribution in [-0.4, -0.2) is 40.6 Å². The number of rotatable bonds is 6. The number of nitrogens with one attached hydrogen (secondary N) is 2. The van der Waals surface area contributed by atoms with Crippen LogP contribution in [0.5, 0.6) is 0 Å². The van der Waals surface area contributed by atoms with Gasteiger partial charge in [0.1, 0.15) is 0 Å². The maximum atomic E-state index is 12.3. The van der Waals surface area contributed by atoms with Crippen molar-refractivity contribution >= 4 is 16.0 Å². The molecule has 1 aromatic carbocycles. The van der Waals surface area contributed by atoms with Crippen LogP contribution in [0.3, 0.4) is 0 Å². The maximum absolute atomic E-state index is 12.3. The number of ether oxygens (including phenoxy) is 1. The second-order valence-electron chi connectivity index (χ2n) is 4.97. The summed E-state index contributed by atoms with van der Waals surface area (Å²) in [5.41, 5.74) is 0.0477. The molecule has 2 rings (SSSR count). The summed E-state index contributed by atoms with van der Waals surface area (Å²) < 4.78 is 31.8. The molecule has 1 saturated heterocycles. The minimum absolute atomic E-state index is 0.0452. The summed E-state index contributed by atoms with van der Waals surface area (Å²) in [6.07, 6.45) is 2.93. The summed E-state index contributed by atoms with van der Waals surface area (Å²) in [6.45, 7) is 1.33. The molecule has 1 aliphatic heterocycles. The molecule has 21 heavy (non-hydrogen) atoms. The van der Waals surface area contributed by atoms with Gasteiger partial charge >= 0.3 is 5.97 Å². The highest BCUT2D eigenvalue weighted by Crippen LogP contribution is 2.16. The minimum Gasteiger partial charge on any atom is -0.465 e. The van der Waals surface area contributed by atoms with E-state index in [1.54, 1.807) is 12.1 Å². The molecule has 0 aliphatic carbocycles. The van der Waals surface area contributed by atoms with Crippen molar-refractivity contribution in [3.05, 3.63) is 29.8 Å². The van der Waals surface area contributed by atoms with E-state index in [9.17, 15) is 13.2 Å². The molecule has 1 fully saturated rings. The fraction of sp³-hybridized carbons (Fsp3) is 0.500. The Kier molecular flexibility index (Phi) is 5.33. The van der Waals surface area contributed by atoms with Crippen LogP contribution < -0.4 is 10.0 Å². The quantitative estimate of drug-likeness (QED) is 0.762. The Hall–Kier alpha value is -1.44. The highest BCUT2D eigenvalue weighted by Gasteiger charge is 2.23. The first-order valence-corrected chi connectivity index (χ1v) is 8.43. The number of sulfonamides is 1. The Morgan fingerprint density at radius 1 is 1.43 bits per heavy atom. The Bertz CT molecular complexity index is 595. The summed E-state index contributed by atoms with van der Waals surface area (Å²) in [5.74, 6) is -0.659. The number of carbonyl (C=O) groups is 1. The number of hydrogen-bond donors (Lipinski definition) is 2. The molecule has 0 radical (unpaired) electrons. The molecule has 7 heteroatoms. The van der Waals surface area contributed by atoms with Crippen molar-refractivity contribution < 1.29 is 17.9 Å². The summed E-state index contributed by atoms with van der Waals surface area (Å²) in [5, 5.41) is 3.31. The molecule has 6 nitrogen and oxygen atoms in total. The lowest BCUT2D eigenvalue weighted by Gasteiger charge is -2.12. The van der Waals surface area contributed by atoms with Crippen molar-refractivity contribution in [2.24, 2.45) is 0 Å². The largest absolute Gasteiger partial charge is 0.465 e. The average molecular weight is 312 g/mol. The number of methoxy groups -OCH3 is 1. The third-order valence-corrected chi connectivity index (χ3v) is 5.05. The summed E-state index contributed by atoms with van der Waals surface area (Å²) >= 11 is 0. The molecule has 2 N–H and O–H groups in total. The number of esters is 1. The summed E-state index contributed by atoms with van der Waals surface area (Å²) in [4.78, 5) is 11.6. The van der Waals surface area contributed by atoms with Gasteiger partial charge < -0.3 is 10.1 Å². The van der Waals surface area contributed by atoms with Gasteiger partial charge in [-0.05, 0) is 37.9 Å². The van der Waals surface area contributed by atoms with Gasteiger partial charge in [0.05, 0.1) is 17.6 Å². The molecule has 0 aromatic heterocycles. The average Bonchev–Trinajstić information content (AvgIpc) is 2.99. The van der Waals surface area contributed by atoms with E-state index in [1.165, 1.54) is 19.2 Å². The monoisotopic (exact) mass is 312 g/mol. The molecule has 1 aliphatic rings. The summed E-state index contributed by atoms with van der Waals surface area (Å²) in [6, 6.07) is 6.40. The molecule has 0 saturated carbocycles. The van der Waals surface area contributed by atoms with E-state index in [1.807, 2.05) is 0 Å². The van der Waals surface area contributed by atoms with Gasteiger partial charge in [-0.1, -0.05) is 12.1 Å². The first-order valence-electron chi connectivity index (χ1n) is 6.95. The van der Waals surface area contributed by atoms with Crippen LogP contribution in [0, 0.1) is 0 Å². The standard InChI is InChI=1S/C14H20N2O4S/c1-20-14(17)12-6-2-3-7-13(12)21(18,19)16-10-8-11-5-4-9-15-11/h2-3,6-7,11,15-16H,4-5,8-10H2,1H3/t11-/m0/s1. The Labute approximate surface area is 124 Å². The van der Waals surface area contributed by atoms with Gasteiger partial charge in [0, 0.05) is 12.6 Å². The molecular formula is C14H20N2O4S. The van der Waals surface area contributed by atoms with Crippen LogP contribution in [0.1, 0.15) is 29.6 Å². The highest BCUT2D eigenvalue weighted by molar-refractivity contribution is 7.89. The van der Waals surface area contributed by atoms with Gasteiger partial charge in [0.15, 0.2) is 0 Å². The van der Waals surface area contributed by atoms with Crippen molar-refractivity contribution in [3.63, 3.8) is 0 Å². The lowest BCUT2D eigenvalue weighted by atomic mass is 10.2. The van der Waals surface area contributed by atoms with Gasteiger partial charge in [-0.25, -0.2) is 17.9 Å². The Morgan fingerprint density at radius 2 is 2.19 bits per heavy atom. The van der Waals surface area contributed by atoms with Gasteiger partial charge in [-0.15, -0.1) is 0 Å². The predicted molar refractivity (Wildman–Crippen MR) is 78.6 cm³/mol. The first kappa shape index (κ1) is 15.9. The second kappa shape index (κ2) is 7.02. The van der Waals surface area contributed by atoms with E-state index in [0.29, 0.717) is 12.6 Å². The molecule has 0 unspecified atom stereocenters. The number of benzene rings is 1. The highest BCUT2D eigenvalue weighted by atomic mass is 32.2. The third kappa shape index (κ3) is 4.03. The molecule has 0 spiro atoms. The Balaban J connectivity index is 2.06. The van der Waals surface area contributed by atoms with Crippen LogP contribution in [0.25, 0.3) is 0 Å². The topological polar surface area (TPSA) is 84.5 Å². The van der Waals surface area contributed by atoms with Gasteiger partial charge in [-0.3, -0.25) is 0 Å². The van der Waals surface area contributed by atoms with Crippen molar-refractivity contribution in [1.29, 1.82) is 0 Å². The van der Waals surface area contributed by atoms with Crippen LogP contribution >= 0.6 is 0 Å². The SMILES string of the molecule is COC(=O)c1ccccc1S(=O)(=O)NCC[C@@H]1CCCN1. The predicted octanol–water partition coefficient (Wildman–Crippen LogP) is 0.894. The van der Waals surface area contributed by atoms with Crippen LogP contribution in [-0.2, 0) is 14.8 Å². The van der Waals surface area contributed by atoms with E-state index in [0.717, 1.165) is 25.8 Å². The molecule has 116 valence electrons. The lowest BCUT2D eigenvalue weighted by Crippen LogP contribution is -2.31. The van der Waals surface area contributed by atoms with Crippen molar-refractivity contribution in [1.82, 2.24) is 10.0 Å². The van der Waals surface area contributed by atoms with E-state index in [4.69, 9.17) is 0 Å². The van der Waals surface area contributed by atoms with Crippen molar-refractivity contribution in [2.75, 3.05) is 20.2 Å². The van der Waals surface area contributed by atoms with Gasteiger partial charge in [0.25, 0.3) is 0 Å². The molecular weight excluding hydrogens is 292 g/mol. The van der Waals surface area contributed by atoms with Gasteiger partial charge in [-0.2, -0.15) is 0 Å². The summed E-state index contributed by atoms with van der Waals surface area (Å²) in [7, 11) is -2.49. The number of carbonyl (C=O) groups excluding carboxylic acids is 1. The van der Waals surface area contributed by atoms with Crippen LogP contribution in [0.4, 0.5) is 0 Å². The Morgan fingerprint density at radius 3 is 2.86 bits per heavy atom. The molecule has 1 heterocycles. The molecule has 1 atom stereocenters. The zero-order chi connectivity index (χ0) is 15.3. The second-order valence-corrected chi connectivity index (χ2v) is 6.70. The minimum atomic E-state index is -3.72. The molecule has 1 aromatic rings. The maximum Gasteiger partial charge on any atom is 0.339 e. The van der Waals surface area contributed by atoms with Crippen molar-refractivity contribution in [2.45, 2.75) is 30.2 Å². The third-order valence-electron chi connectivity index (χ3n) is 3.53. The fourth-order valence-electron chi connectivity index (χ4n) is 2.43.